The molecule has 0 radical (unpaired) electrons. The molecule has 0 spiro atoms. The zero-order chi connectivity index (χ0) is 20.1. The predicted molar refractivity (Wildman–Crippen MR) is 98.3 cm³/mol. The van der Waals surface area contributed by atoms with Crippen LogP contribution in [0, 0.1) is 6.92 Å². The first-order valence-corrected chi connectivity index (χ1v) is 8.53. The average Bonchev–Trinajstić information content (AvgIpc) is 3.06. The number of halogens is 3. The fraction of sp³-hybridized carbons (Fsp3) is 0.263. The van der Waals surface area contributed by atoms with Crippen molar-refractivity contribution in [3.8, 4) is 11.5 Å². The van der Waals surface area contributed by atoms with Crippen molar-refractivity contribution in [1.82, 2.24) is 9.97 Å². The van der Waals surface area contributed by atoms with E-state index in [2.05, 4.69) is 15.3 Å². The molecule has 3 aromatic rings. The Morgan fingerprint density at radius 2 is 1.79 bits per heavy atom. The summed E-state index contributed by atoms with van der Waals surface area (Å²) in [6.45, 7) is 3.61. The number of alkyl halides is 3. The number of nitrogen functional groups attached to an aromatic ring is 1. The number of nitrogens with one attached hydrogen (secondary N) is 1. The molecule has 0 aliphatic carbocycles. The smallest absolute Gasteiger partial charge is 0.416 e. The lowest BCUT2D eigenvalue weighted by molar-refractivity contribution is -0.137. The van der Waals surface area contributed by atoms with Crippen LogP contribution in [-0.4, -0.2) is 16.8 Å². The number of anilines is 2. The molecule has 0 saturated carbocycles. The van der Waals surface area contributed by atoms with Crippen LogP contribution < -0.4 is 20.5 Å². The molecule has 0 amide bonds. The van der Waals surface area contributed by atoms with Gasteiger partial charge >= 0.3 is 6.18 Å². The van der Waals surface area contributed by atoms with E-state index in [1.54, 1.807) is 26.0 Å². The van der Waals surface area contributed by atoms with Crippen molar-refractivity contribution in [2.75, 3.05) is 17.8 Å². The summed E-state index contributed by atoms with van der Waals surface area (Å²) in [6, 6.07) is 6.54. The van der Waals surface area contributed by atoms with Gasteiger partial charge in [0, 0.05) is 17.1 Å². The highest BCUT2D eigenvalue weighted by Gasteiger charge is 2.31. The lowest BCUT2D eigenvalue weighted by atomic mass is 10.0. The first-order valence-electron chi connectivity index (χ1n) is 8.53. The minimum absolute atomic E-state index is 0.0468. The quantitative estimate of drug-likeness (QED) is 0.644. The molecule has 1 aliphatic rings. The summed E-state index contributed by atoms with van der Waals surface area (Å²) in [5, 5.41) is 3.85. The van der Waals surface area contributed by atoms with Crippen LogP contribution in [0.2, 0.25) is 0 Å². The van der Waals surface area contributed by atoms with Gasteiger partial charge in [0.25, 0.3) is 0 Å². The summed E-state index contributed by atoms with van der Waals surface area (Å²) in [5.41, 5.74) is 5.99. The van der Waals surface area contributed by atoms with Crippen molar-refractivity contribution in [2.45, 2.75) is 26.1 Å². The first-order chi connectivity index (χ1) is 13.2. The number of hydrogen-bond acceptors (Lipinski definition) is 6. The van der Waals surface area contributed by atoms with Gasteiger partial charge in [0.05, 0.1) is 17.1 Å². The van der Waals surface area contributed by atoms with Crippen molar-refractivity contribution in [3.63, 3.8) is 0 Å². The summed E-state index contributed by atoms with van der Waals surface area (Å²) >= 11 is 0. The number of aryl methyl sites for hydroxylation is 1. The van der Waals surface area contributed by atoms with Crippen LogP contribution in [0.1, 0.15) is 29.9 Å². The molecule has 0 unspecified atom stereocenters. The van der Waals surface area contributed by atoms with Crippen molar-refractivity contribution >= 4 is 22.4 Å². The van der Waals surface area contributed by atoms with E-state index in [9.17, 15) is 13.2 Å². The second kappa shape index (κ2) is 6.43. The van der Waals surface area contributed by atoms with Crippen molar-refractivity contribution in [1.29, 1.82) is 0 Å². The van der Waals surface area contributed by atoms with Gasteiger partial charge in [0.15, 0.2) is 11.5 Å². The lowest BCUT2D eigenvalue weighted by Crippen LogP contribution is -2.12. The SMILES string of the molecule is Cc1nc(N[C@H](C)c2cc(N)cc(C(F)(F)F)c2)c2cc3c(cc2n1)OCO3. The number of aromatic nitrogens is 2. The second-order valence-electron chi connectivity index (χ2n) is 6.59. The molecule has 1 atom stereocenters. The molecular formula is C19H17F3N4O2. The number of rotatable bonds is 3. The van der Waals surface area contributed by atoms with E-state index in [0.717, 1.165) is 12.1 Å². The van der Waals surface area contributed by atoms with Crippen LogP contribution in [0.5, 0.6) is 11.5 Å². The Morgan fingerprint density at radius 3 is 2.50 bits per heavy atom. The molecular weight excluding hydrogens is 373 g/mol. The van der Waals surface area contributed by atoms with Gasteiger partial charge in [-0.3, -0.25) is 0 Å². The van der Waals surface area contributed by atoms with Crippen LogP contribution >= 0.6 is 0 Å². The molecule has 0 fully saturated rings. The molecule has 146 valence electrons. The molecule has 28 heavy (non-hydrogen) atoms. The first kappa shape index (κ1) is 18.1. The number of benzene rings is 2. The summed E-state index contributed by atoms with van der Waals surface area (Å²) in [6.07, 6.45) is -4.47. The second-order valence-corrected chi connectivity index (χ2v) is 6.59. The van der Waals surface area contributed by atoms with E-state index in [4.69, 9.17) is 15.2 Å². The standard InChI is InChI=1S/C19H17F3N4O2/c1-9(11-3-12(19(20,21)22)5-13(23)4-11)24-18-14-6-16-17(28-8-27-16)7-15(14)25-10(2)26-18/h3-7,9H,8,23H2,1-2H3,(H,24,25,26)/t9-/m1/s1. The van der Waals surface area contributed by atoms with Gasteiger partial charge in [-0.15, -0.1) is 0 Å². The van der Waals surface area contributed by atoms with Gasteiger partial charge in [-0.05, 0) is 43.7 Å². The normalized spacial score (nSPS) is 14.3. The van der Waals surface area contributed by atoms with Crippen LogP contribution in [0.3, 0.4) is 0 Å². The highest BCUT2D eigenvalue weighted by molar-refractivity contribution is 5.92. The van der Waals surface area contributed by atoms with E-state index in [1.165, 1.54) is 6.07 Å². The Labute approximate surface area is 158 Å². The zero-order valence-electron chi connectivity index (χ0n) is 15.1. The maximum atomic E-state index is 13.1. The van der Waals surface area contributed by atoms with Crippen LogP contribution in [0.4, 0.5) is 24.7 Å². The highest BCUT2D eigenvalue weighted by Crippen LogP contribution is 2.38. The highest BCUT2D eigenvalue weighted by atomic mass is 19.4. The Kier molecular flexibility index (Phi) is 4.17. The molecule has 4 rings (SSSR count). The third-order valence-corrected chi connectivity index (χ3v) is 4.46. The Balaban J connectivity index is 1.73. The molecule has 0 saturated heterocycles. The van der Waals surface area contributed by atoms with E-state index in [-0.39, 0.29) is 12.5 Å². The van der Waals surface area contributed by atoms with Crippen LogP contribution in [-0.2, 0) is 6.18 Å². The Bertz CT molecular complexity index is 1070. The van der Waals surface area contributed by atoms with Gasteiger partial charge in [-0.1, -0.05) is 0 Å². The van der Waals surface area contributed by atoms with Crippen LogP contribution in [0.25, 0.3) is 10.9 Å². The molecule has 9 heteroatoms. The van der Waals surface area contributed by atoms with Gasteiger partial charge in [0.1, 0.15) is 11.6 Å². The van der Waals surface area contributed by atoms with E-state index in [0.29, 0.717) is 39.6 Å². The van der Waals surface area contributed by atoms with Crippen LogP contribution in [0.15, 0.2) is 30.3 Å². The molecule has 1 aromatic heterocycles. The van der Waals surface area contributed by atoms with Gasteiger partial charge in [-0.25, -0.2) is 9.97 Å². The summed E-state index contributed by atoms with van der Waals surface area (Å²) < 4.78 is 50.1. The number of hydrogen-bond donors (Lipinski definition) is 2. The number of fused-ring (bicyclic) bond motifs is 2. The molecule has 0 bridgehead atoms. The fourth-order valence-electron chi connectivity index (χ4n) is 3.12. The molecule has 3 N–H and O–H groups in total. The summed E-state index contributed by atoms with van der Waals surface area (Å²) in [5.74, 6) is 2.17. The third-order valence-electron chi connectivity index (χ3n) is 4.46. The summed E-state index contributed by atoms with van der Waals surface area (Å²) in [4.78, 5) is 8.81. The topological polar surface area (TPSA) is 82.3 Å². The Hall–Kier alpha value is -3.23. The minimum Gasteiger partial charge on any atom is -0.454 e. The van der Waals surface area contributed by atoms with Gasteiger partial charge in [-0.2, -0.15) is 13.2 Å². The lowest BCUT2D eigenvalue weighted by Gasteiger charge is -2.19. The fourth-order valence-corrected chi connectivity index (χ4v) is 3.12. The summed E-state index contributed by atoms with van der Waals surface area (Å²) in [7, 11) is 0. The third kappa shape index (κ3) is 3.35. The molecule has 2 aromatic carbocycles. The average molecular weight is 390 g/mol. The zero-order valence-corrected chi connectivity index (χ0v) is 15.1. The van der Waals surface area contributed by atoms with Crippen molar-refractivity contribution in [3.05, 3.63) is 47.3 Å². The molecule has 1 aliphatic heterocycles. The van der Waals surface area contributed by atoms with Gasteiger partial charge in [0.2, 0.25) is 6.79 Å². The maximum absolute atomic E-state index is 13.1. The van der Waals surface area contributed by atoms with Gasteiger partial charge < -0.3 is 20.5 Å². The maximum Gasteiger partial charge on any atom is 0.416 e. The predicted octanol–water partition coefficient (Wildman–Crippen LogP) is 4.44. The van der Waals surface area contributed by atoms with Crippen molar-refractivity contribution in [2.24, 2.45) is 0 Å². The van der Waals surface area contributed by atoms with Crippen molar-refractivity contribution < 1.29 is 22.6 Å². The molecule has 6 nitrogen and oxygen atoms in total. The minimum atomic E-state index is -4.47. The largest absolute Gasteiger partial charge is 0.454 e. The van der Waals surface area contributed by atoms with E-state index >= 15 is 0 Å². The number of ether oxygens (including phenoxy) is 2. The Morgan fingerprint density at radius 1 is 1.07 bits per heavy atom. The number of nitrogens with two attached hydrogens (primary N) is 1. The van der Waals surface area contributed by atoms with E-state index < -0.39 is 17.8 Å². The molecule has 2 heterocycles. The van der Waals surface area contributed by atoms with E-state index in [1.807, 2.05) is 0 Å². The number of nitrogens with zero attached hydrogens (tertiary/aromatic N) is 2. The monoisotopic (exact) mass is 390 g/mol.